The molecule has 0 aliphatic heterocycles. The molecule has 8 heteroatoms. The topological polar surface area (TPSA) is 102 Å². The molecule has 1 aromatic heterocycles. The van der Waals surface area contributed by atoms with E-state index in [1.165, 1.54) is 14.1 Å². The normalized spacial score (nSPS) is 11.7. The minimum absolute atomic E-state index is 0.0760. The van der Waals surface area contributed by atoms with Crippen LogP contribution in [0.15, 0.2) is 15.8 Å². The van der Waals surface area contributed by atoms with E-state index in [0.717, 1.165) is 15.3 Å². The van der Waals surface area contributed by atoms with E-state index in [0.29, 0.717) is 0 Å². The van der Waals surface area contributed by atoms with Crippen molar-refractivity contribution in [3.8, 4) is 0 Å². The lowest BCUT2D eigenvalue weighted by atomic mass is 10.4. The van der Waals surface area contributed by atoms with Gasteiger partial charge in [0.1, 0.15) is 0 Å². The van der Waals surface area contributed by atoms with Gasteiger partial charge in [0.05, 0.1) is 6.16 Å². The highest BCUT2D eigenvalue weighted by Gasteiger charge is 2.18. The lowest BCUT2D eigenvalue weighted by Crippen LogP contribution is -2.38. The van der Waals surface area contributed by atoms with Crippen LogP contribution < -0.4 is 11.2 Å². The zero-order valence-corrected chi connectivity index (χ0v) is 9.14. The van der Waals surface area contributed by atoms with E-state index in [4.69, 9.17) is 9.79 Å². The van der Waals surface area contributed by atoms with E-state index in [-0.39, 0.29) is 5.56 Å². The molecule has 0 spiro atoms. The quantitative estimate of drug-likeness (QED) is 0.623. The minimum atomic E-state index is -4.30. The maximum atomic E-state index is 11.4. The summed E-state index contributed by atoms with van der Waals surface area (Å²) >= 11 is 0. The van der Waals surface area contributed by atoms with E-state index in [1.54, 1.807) is 0 Å². The number of rotatable bonds is 2. The van der Waals surface area contributed by atoms with Crippen LogP contribution in [-0.4, -0.2) is 18.9 Å². The fraction of sp³-hybridized carbons (Fsp3) is 0.429. The largest absolute Gasteiger partial charge is 0.330 e. The first-order chi connectivity index (χ1) is 6.72. The third-order valence-corrected chi connectivity index (χ3v) is 2.65. The van der Waals surface area contributed by atoms with Gasteiger partial charge in [-0.2, -0.15) is 0 Å². The molecule has 0 aliphatic carbocycles. The molecule has 0 radical (unpaired) electrons. The van der Waals surface area contributed by atoms with Crippen LogP contribution in [-0.2, 0) is 24.8 Å². The lowest BCUT2D eigenvalue weighted by molar-refractivity contribution is 0.371. The molecular formula is C7H11N2O5P. The summed E-state index contributed by atoms with van der Waals surface area (Å²) < 4.78 is 12.6. The zero-order valence-electron chi connectivity index (χ0n) is 8.25. The van der Waals surface area contributed by atoms with Crippen LogP contribution in [0.2, 0.25) is 0 Å². The van der Waals surface area contributed by atoms with Gasteiger partial charge in [-0.1, -0.05) is 0 Å². The first-order valence-corrected chi connectivity index (χ1v) is 5.82. The van der Waals surface area contributed by atoms with E-state index >= 15 is 0 Å². The van der Waals surface area contributed by atoms with Crippen molar-refractivity contribution in [2.75, 3.05) is 0 Å². The first-order valence-electron chi connectivity index (χ1n) is 4.02. The molecule has 0 saturated carbocycles. The summed E-state index contributed by atoms with van der Waals surface area (Å²) in [6, 6.07) is 0. The Hall–Kier alpha value is -1.17. The summed E-state index contributed by atoms with van der Waals surface area (Å²) in [4.78, 5) is 40.1. The Kier molecular flexibility index (Phi) is 2.99. The van der Waals surface area contributed by atoms with Crippen LogP contribution >= 0.6 is 7.60 Å². The highest BCUT2D eigenvalue weighted by molar-refractivity contribution is 7.50. The standard InChI is InChI=1S/C7H11N2O5P/c1-8-3-5(4-15(12,13)14)6(10)9(2)7(8)11/h3H,4H2,1-2H3,(H2,12,13,14). The van der Waals surface area contributed by atoms with Gasteiger partial charge in [0.15, 0.2) is 0 Å². The number of aryl methyl sites for hydroxylation is 1. The highest BCUT2D eigenvalue weighted by atomic mass is 31.2. The van der Waals surface area contributed by atoms with Crippen molar-refractivity contribution in [1.82, 2.24) is 9.13 Å². The van der Waals surface area contributed by atoms with Gasteiger partial charge in [0.25, 0.3) is 5.56 Å². The second kappa shape index (κ2) is 3.77. The third-order valence-electron chi connectivity index (χ3n) is 1.89. The van der Waals surface area contributed by atoms with E-state index in [9.17, 15) is 14.2 Å². The van der Waals surface area contributed by atoms with Crippen molar-refractivity contribution >= 4 is 7.60 Å². The Bertz CT molecular complexity index is 537. The Morgan fingerprint density at radius 1 is 1.33 bits per heavy atom. The third kappa shape index (κ3) is 2.65. The predicted octanol–water partition coefficient (Wildman–Crippen LogP) is -1.24. The van der Waals surface area contributed by atoms with Crippen LogP contribution in [0.3, 0.4) is 0 Å². The van der Waals surface area contributed by atoms with Gasteiger partial charge in [0.2, 0.25) is 0 Å². The molecule has 0 amide bonds. The van der Waals surface area contributed by atoms with Gasteiger partial charge in [-0.15, -0.1) is 0 Å². The Morgan fingerprint density at radius 3 is 2.33 bits per heavy atom. The number of hydrogen-bond donors (Lipinski definition) is 2. The average molecular weight is 234 g/mol. The predicted molar refractivity (Wildman–Crippen MR) is 52.7 cm³/mol. The molecule has 0 atom stereocenters. The molecule has 0 saturated heterocycles. The van der Waals surface area contributed by atoms with E-state index in [1.807, 2.05) is 0 Å². The summed E-state index contributed by atoms with van der Waals surface area (Å²) in [6.07, 6.45) is 0.484. The maximum absolute atomic E-state index is 11.4. The van der Waals surface area contributed by atoms with Crippen molar-refractivity contribution in [3.63, 3.8) is 0 Å². The smallest absolute Gasteiger partial charge is 0.324 e. The molecule has 1 rings (SSSR count). The summed E-state index contributed by atoms with van der Waals surface area (Å²) in [6.45, 7) is 0. The summed E-state index contributed by atoms with van der Waals surface area (Å²) in [5.41, 5.74) is -1.29. The second-order valence-corrected chi connectivity index (χ2v) is 4.88. The van der Waals surface area contributed by atoms with Gasteiger partial charge in [-0.05, 0) is 0 Å². The molecule has 84 valence electrons. The zero-order chi connectivity index (χ0) is 11.8. The molecule has 1 aromatic rings. The SMILES string of the molecule is Cn1cc(CP(=O)(O)O)c(=O)n(C)c1=O. The van der Waals surface area contributed by atoms with Gasteiger partial charge in [-0.25, -0.2) is 4.79 Å². The first kappa shape index (κ1) is 11.9. The number of nitrogens with zero attached hydrogens (tertiary/aromatic N) is 2. The molecule has 7 nitrogen and oxygen atoms in total. The summed E-state index contributed by atoms with van der Waals surface area (Å²) in [5, 5.41) is 0. The molecule has 0 bridgehead atoms. The van der Waals surface area contributed by atoms with Gasteiger partial charge < -0.3 is 14.4 Å². The number of hydrogen-bond acceptors (Lipinski definition) is 3. The van der Waals surface area contributed by atoms with Crippen molar-refractivity contribution in [1.29, 1.82) is 0 Å². The van der Waals surface area contributed by atoms with Gasteiger partial charge in [-0.3, -0.25) is 13.9 Å². The van der Waals surface area contributed by atoms with Crippen LogP contribution in [0.4, 0.5) is 0 Å². The van der Waals surface area contributed by atoms with Crippen molar-refractivity contribution in [2.24, 2.45) is 14.1 Å². The molecule has 1 heterocycles. The Balaban J connectivity index is 3.41. The highest BCUT2D eigenvalue weighted by Crippen LogP contribution is 2.37. The monoisotopic (exact) mass is 234 g/mol. The minimum Gasteiger partial charge on any atom is -0.324 e. The van der Waals surface area contributed by atoms with Crippen molar-refractivity contribution in [2.45, 2.75) is 6.16 Å². The van der Waals surface area contributed by atoms with Gasteiger partial charge >= 0.3 is 13.3 Å². The average Bonchev–Trinajstić information content (AvgIpc) is 2.08. The van der Waals surface area contributed by atoms with Crippen LogP contribution in [0, 0.1) is 0 Å². The van der Waals surface area contributed by atoms with E-state index in [2.05, 4.69) is 0 Å². The fourth-order valence-corrected chi connectivity index (χ4v) is 1.87. The molecule has 0 aliphatic rings. The lowest BCUT2D eigenvalue weighted by Gasteiger charge is -2.07. The second-order valence-electron chi connectivity index (χ2n) is 3.23. The van der Waals surface area contributed by atoms with E-state index < -0.39 is 25.0 Å². The van der Waals surface area contributed by atoms with Crippen molar-refractivity contribution in [3.05, 3.63) is 32.6 Å². The Morgan fingerprint density at radius 2 is 1.87 bits per heavy atom. The number of aromatic nitrogens is 2. The van der Waals surface area contributed by atoms with Crippen LogP contribution in [0.1, 0.15) is 5.56 Å². The fourth-order valence-electron chi connectivity index (χ4n) is 1.21. The Labute approximate surface area is 84.8 Å². The molecule has 0 fully saturated rings. The molecule has 0 unspecified atom stereocenters. The maximum Gasteiger partial charge on any atom is 0.330 e. The van der Waals surface area contributed by atoms with Gasteiger partial charge in [0, 0.05) is 25.9 Å². The molecule has 2 N–H and O–H groups in total. The molecular weight excluding hydrogens is 223 g/mol. The van der Waals surface area contributed by atoms with Crippen LogP contribution in [0.5, 0.6) is 0 Å². The summed E-state index contributed by atoms with van der Waals surface area (Å²) in [5.74, 6) is 0. The molecule has 15 heavy (non-hydrogen) atoms. The molecule has 0 aromatic carbocycles. The van der Waals surface area contributed by atoms with Crippen molar-refractivity contribution < 1.29 is 14.4 Å². The summed E-state index contributed by atoms with van der Waals surface area (Å²) in [7, 11) is -1.63. The van der Waals surface area contributed by atoms with Crippen LogP contribution in [0.25, 0.3) is 0 Å².